The molecule has 0 aromatic heterocycles. The maximum atomic E-state index is 6.38. The predicted molar refractivity (Wildman–Crippen MR) is 141 cm³/mol. The van der Waals surface area contributed by atoms with Crippen molar-refractivity contribution >= 4 is 18.6 Å². The van der Waals surface area contributed by atoms with Crippen molar-refractivity contribution in [1.82, 2.24) is 0 Å². The Balaban J connectivity index is 0.00000103. The molecule has 4 fully saturated rings. The predicted octanol–water partition coefficient (Wildman–Crippen LogP) is 8.82. The third-order valence-electron chi connectivity index (χ3n) is 8.25. The quantitative estimate of drug-likeness (QED) is 0.201. The SMILES string of the molecule is C1CCC(OC2CCC([N-]CCC[N-]C3CCC(OC4CCCCC4)CC3)CC2)CC1.[Cl][Ti][Cl]. The summed E-state index contributed by atoms with van der Waals surface area (Å²) in [4.78, 5) is 0. The monoisotopic (exact) mass is 550 g/mol. The molecule has 4 rings (SSSR count). The Morgan fingerprint density at radius 2 is 0.824 bits per heavy atom. The van der Waals surface area contributed by atoms with Gasteiger partial charge in [-0.25, -0.2) is 0 Å². The fourth-order valence-electron chi connectivity index (χ4n) is 6.29. The number of hydrogen-bond acceptors (Lipinski definition) is 2. The van der Waals surface area contributed by atoms with E-state index in [0.29, 0.717) is 36.5 Å². The Bertz CT molecular complexity index is 449. The van der Waals surface area contributed by atoms with Crippen LogP contribution in [0.2, 0.25) is 0 Å². The maximum absolute atomic E-state index is 6.38. The molecule has 4 aliphatic carbocycles. The van der Waals surface area contributed by atoms with Gasteiger partial charge < -0.3 is 20.1 Å². The molecule has 0 atom stereocenters. The molecule has 0 aromatic carbocycles. The number of rotatable bonds is 10. The van der Waals surface area contributed by atoms with Crippen LogP contribution < -0.4 is 0 Å². The summed E-state index contributed by atoms with van der Waals surface area (Å²) in [6.07, 6.45) is 26.6. The molecule has 0 unspecified atom stereocenters. The average molecular weight is 551 g/mol. The second kappa shape index (κ2) is 18.4. The van der Waals surface area contributed by atoms with E-state index in [4.69, 9.17) is 38.7 Å². The molecule has 0 saturated heterocycles. The topological polar surface area (TPSA) is 46.7 Å². The van der Waals surface area contributed by atoms with Crippen LogP contribution in [0, 0.1) is 0 Å². The first-order chi connectivity index (χ1) is 16.8. The average Bonchev–Trinajstić information content (AvgIpc) is 2.88. The van der Waals surface area contributed by atoms with Crippen molar-refractivity contribution in [1.29, 1.82) is 0 Å². The van der Waals surface area contributed by atoms with Gasteiger partial charge in [-0.1, -0.05) is 70.6 Å². The van der Waals surface area contributed by atoms with E-state index in [9.17, 15) is 0 Å². The molecule has 0 heterocycles. The second-order valence-electron chi connectivity index (χ2n) is 10.9. The molecule has 4 saturated carbocycles. The van der Waals surface area contributed by atoms with Crippen LogP contribution in [0.15, 0.2) is 0 Å². The van der Waals surface area contributed by atoms with Gasteiger partial charge in [0.15, 0.2) is 0 Å². The Labute approximate surface area is 226 Å². The third kappa shape index (κ3) is 12.1. The van der Waals surface area contributed by atoms with Crippen LogP contribution in [0.4, 0.5) is 0 Å². The van der Waals surface area contributed by atoms with Crippen molar-refractivity contribution < 1.29 is 26.5 Å². The van der Waals surface area contributed by atoms with Crippen molar-refractivity contribution in [3.05, 3.63) is 10.6 Å². The van der Waals surface area contributed by atoms with E-state index in [1.165, 1.54) is 116 Å². The molecule has 4 nitrogen and oxygen atoms in total. The van der Waals surface area contributed by atoms with Gasteiger partial charge in [0, 0.05) is 0 Å². The van der Waals surface area contributed by atoms with Gasteiger partial charge in [0.25, 0.3) is 0 Å². The molecule has 0 amide bonds. The Morgan fingerprint density at radius 1 is 0.500 bits per heavy atom. The molecule has 0 N–H and O–H groups in total. The summed E-state index contributed by atoms with van der Waals surface area (Å²) in [7, 11) is 9.78. The molecule has 0 radical (unpaired) electrons. The summed E-state index contributed by atoms with van der Waals surface area (Å²) in [6, 6.07) is 1.16. The van der Waals surface area contributed by atoms with Crippen LogP contribution in [0.5, 0.6) is 0 Å². The Kier molecular flexibility index (Phi) is 16.1. The van der Waals surface area contributed by atoms with E-state index in [1.54, 1.807) is 0 Å². The summed E-state index contributed by atoms with van der Waals surface area (Å²) in [5.74, 6) is 0. The fraction of sp³-hybridized carbons (Fsp3) is 1.00. The van der Waals surface area contributed by atoms with Gasteiger partial charge in [-0.2, -0.15) is 13.1 Å². The zero-order valence-electron chi connectivity index (χ0n) is 21.3. The molecule has 0 bridgehead atoms. The number of ether oxygens (including phenoxy) is 2. The first-order valence-corrected chi connectivity index (χ1v) is 18.7. The molecule has 34 heavy (non-hydrogen) atoms. The van der Waals surface area contributed by atoms with Crippen LogP contribution in [0.1, 0.15) is 122 Å². The summed E-state index contributed by atoms with van der Waals surface area (Å²) >= 11 is -0.556. The summed E-state index contributed by atoms with van der Waals surface area (Å²) in [6.45, 7) is 2.00. The van der Waals surface area contributed by atoms with E-state index in [1.807, 2.05) is 0 Å². The Morgan fingerprint density at radius 3 is 1.18 bits per heavy atom. The molecule has 7 heteroatoms. The van der Waals surface area contributed by atoms with Crippen LogP contribution in [0.3, 0.4) is 0 Å². The van der Waals surface area contributed by atoms with Crippen molar-refractivity contribution in [2.24, 2.45) is 0 Å². The third-order valence-corrected chi connectivity index (χ3v) is 8.25. The summed E-state index contributed by atoms with van der Waals surface area (Å²) < 4.78 is 12.8. The van der Waals surface area contributed by atoms with Crippen molar-refractivity contribution in [3.63, 3.8) is 0 Å². The van der Waals surface area contributed by atoms with Crippen molar-refractivity contribution in [2.45, 2.75) is 158 Å². The molecule has 4 aliphatic rings. The number of halogens is 2. The minimum absolute atomic E-state index is 0.516. The molecule has 0 aliphatic heterocycles. The van der Waals surface area contributed by atoms with Gasteiger partial charge in [-0.3, -0.25) is 0 Å². The first kappa shape index (κ1) is 29.7. The molecule has 0 aromatic rings. The van der Waals surface area contributed by atoms with E-state index in [-0.39, 0.29) is 0 Å². The zero-order valence-corrected chi connectivity index (χ0v) is 24.4. The van der Waals surface area contributed by atoms with Gasteiger partial charge in [0.2, 0.25) is 0 Å². The van der Waals surface area contributed by atoms with E-state index in [0.717, 1.165) is 19.5 Å². The van der Waals surface area contributed by atoms with Gasteiger partial charge >= 0.3 is 35.6 Å². The van der Waals surface area contributed by atoms with Gasteiger partial charge in [0.05, 0.1) is 24.4 Å². The van der Waals surface area contributed by atoms with Crippen LogP contribution in [-0.2, 0) is 26.5 Å². The molecule has 0 spiro atoms. The summed E-state index contributed by atoms with van der Waals surface area (Å²) in [5.41, 5.74) is 0. The first-order valence-electron chi connectivity index (χ1n) is 14.4. The van der Waals surface area contributed by atoms with Gasteiger partial charge in [-0.05, 0) is 51.4 Å². The molecule has 198 valence electrons. The summed E-state index contributed by atoms with van der Waals surface area (Å²) in [5, 5.41) is 9.98. The van der Waals surface area contributed by atoms with Crippen LogP contribution in [0.25, 0.3) is 10.6 Å². The van der Waals surface area contributed by atoms with Crippen molar-refractivity contribution in [2.75, 3.05) is 13.1 Å². The van der Waals surface area contributed by atoms with E-state index < -0.39 is 17.0 Å². The minimum atomic E-state index is -0.556. The number of hydrogen-bond donors (Lipinski definition) is 0. The van der Waals surface area contributed by atoms with Crippen LogP contribution >= 0.6 is 18.6 Å². The van der Waals surface area contributed by atoms with Gasteiger partial charge in [0.1, 0.15) is 0 Å². The van der Waals surface area contributed by atoms with Gasteiger partial charge in [-0.15, -0.1) is 12.1 Å². The Hall–Kier alpha value is 1.13. The molecular formula is C27H48Cl2N2O2Ti-2. The van der Waals surface area contributed by atoms with Crippen molar-refractivity contribution in [3.8, 4) is 0 Å². The second-order valence-corrected chi connectivity index (χ2v) is 13.5. The normalized spacial score (nSPS) is 31.5. The number of nitrogens with zero attached hydrogens (tertiary/aromatic N) is 2. The van der Waals surface area contributed by atoms with E-state index in [2.05, 4.69) is 0 Å². The molecular weight excluding hydrogens is 503 g/mol. The standard InChI is InChI=1S/C27H48N2O2.2ClH.Ti/c1-3-8-24(9-4-1)30-26-16-12-22(13-17-26)28-20-7-21-29-23-14-18-27(19-15-23)31-25-10-5-2-6-11-25;;;/h22-27H,1-21H2;2*1H;/q-2;;;+2/p-2. The van der Waals surface area contributed by atoms with E-state index >= 15 is 0 Å². The zero-order chi connectivity index (χ0) is 23.8. The van der Waals surface area contributed by atoms with Crippen LogP contribution in [-0.4, -0.2) is 49.6 Å². The fourth-order valence-corrected chi connectivity index (χ4v) is 6.29.